The van der Waals surface area contributed by atoms with Crippen LogP contribution in [0.4, 0.5) is 0 Å². The number of nitrogens with zero attached hydrogens (tertiary/aromatic N) is 1. The van der Waals surface area contributed by atoms with E-state index in [2.05, 4.69) is 28.3 Å². The third-order valence-corrected chi connectivity index (χ3v) is 3.90. The predicted octanol–water partition coefficient (Wildman–Crippen LogP) is 2.88. The molecule has 1 aromatic heterocycles. The first-order chi connectivity index (χ1) is 9.15. The zero-order valence-electron chi connectivity index (χ0n) is 10.9. The first kappa shape index (κ1) is 14.0. The van der Waals surface area contributed by atoms with Crippen LogP contribution in [0.5, 0.6) is 0 Å². The third-order valence-electron chi connectivity index (χ3n) is 2.51. The average Bonchev–Trinajstić information content (AvgIpc) is 2.79. The predicted molar refractivity (Wildman–Crippen MR) is 86.7 cm³/mol. The molecule has 0 atom stereocenters. The Morgan fingerprint density at radius 2 is 2.16 bits per heavy atom. The number of thiocarbonyl (C=S) groups is 1. The van der Waals surface area contributed by atoms with Gasteiger partial charge in [-0.3, -0.25) is 0 Å². The van der Waals surface area contributed by atoms with E-state index in [0.29, 0.717) is 11.7 Å². The molecule has 0 aliphatic carbocycles. The number of para-hydroxylation sites is 1. The van der Waals surface area contributed by atoms with Crippen LogP contribution < -0.4 is 10.6 Å². The number of nitrogens with one attached hydrogen (secondary N) is 2. The van der Waals surface area contributed by atoms with Gasteiger partial charge in [-0.25, -0.2) is 4.98 Å². The summed E-state index contributed by atoms with van der Waals surface area (Å²) in [6.07, 6.45) is 0.883. The molecule has 0 spiro atoms. The molecule has 0 bridgehead atoms. The van der Waals surface area contributed by atoms with Crippen LogP contribution in [0.2, 0.25) is 0 Å². The zero-order chi connectivity index (χ0) is 13.7. The van der Waals surface area contributed by atoms with Gasteiger partial charge in [-0.2, -0.15) is 0 Å². The fraction of sp³-hybridized carbons (Fsp3) is 0.286. The molecule has 1 heterocycles. The molecule has 100 valence electrons. The molecule has 0 radical (unpaired) electrons. The van der Waals surface area contributed by atoms with Gasteiger partial charge in [0, 0.05) is 19.5 Å². The lowest BCUT2D eigenvalue weighted by Crippen LogP contribution is -2.37. The molecule has 0 amide bonds. The second kappa shape index (κ2) is 6.63. The zero-order valence-corrected chi connectivity index (χ0v) is 12.5. The Morgan fingerprint density at radius 3 is 2.89 bits per heavy atom. The molecular weight excluding hydrogens is 274 g/mol. The first-order valence-corrected chi connectivity index (χ1v) is 7.38. The van der Waals surface area contributed by atoms with Crippen molar-refractivity contribution in [1.82, 2.24) is 15.6 Å². The highest BCUT2D eigenvalue weighted by atomic mass is 32.1. The largest absolute Gasteiger partial charge is 0.362 e. The number of hydrogen-bond donors (Lipinski definition) is 2. The second-order valence-corrected chi connectivity index (χ2v) is 5.92. The summed E-state index contributed by atoms with van der Waals surface area (Å²) in [5.41, 5.74) is 2.14. The Balaban J connectivity index is 1.79. The molecule has 2 aromatic rings. The van der Waals surface area contributed by atoms with Crippen LogP contribution >= 0.6 is 23.6 Å². The van der Waals surface area contributed by atoms with Crippen molar-refractivity contribution < 1.29 is 0 Å². The molecule has 2 rings (SSSR count). The molecule has 2 N–H and O–H groups in total. The smallest absolute Gasteiger partial charge is 0.166 e. The van der Waals surface area contributed by atoms with Gasteiger partial charge < -0.3 is 10.6 Å². The lowest BCUT2D eigenvalue weighted by Gasteiger charge is -2.09. The average molecular weight is 291 g/mol. The maximum atomic E-state index is 5.17. The van der Waals surface area contributed by atoms with E-state index in [0.717, 1.165) is 29.1 Å². The van der Waals surface area contributed by atoms with Crippen LogP contribution in [0.1, 0.15) is 11.9 Å². The van der Waals surface area contributed by atoms with Crippen LogP contribution in [-0.4, -0.2) is 23.2 Å². The molecule has 0 aliphatic rings. The Labute approximate surface area is 122 Å². The van der Waals surface area contributed by atoms with Gasteiger partial charge >= 0.3 is 0 Å². The van der Waals surface area contributed by atoms with Crippen molar-refractivity contribution in [3.63, 3.8) is 0 Å². The first-order valence-electron chi connectivity index (χ1n) is 6.15. The number of aromatic nitrogens is 1. The number of hydrogen-bond acceptors (Lipinski definition) is 3. The van der Waals surface area contributed by atoms with E-state index < -0.39 is 0 Å². The minimum Gasteiger partial charge on any atom is -0.362 e. The number of thiazole rings is 1. The highest BCUT2D eigenvalue weighted by Gasteiger charge is 2.03. The van der Waals surface area contributed by atoms with Crippen molar-refractivity contribution in [2.75, 3.05) is 13.1 Å². The number of rotatable bonds is 5. The van der Waals surface area contributed by atoms with Crippen molar-refractivity contribution >= 4 is 38.9 Å². The van der Waals surface area contributed by atoms with Gasteiger partial charge in [-0.1, -0.05) is 24.3 Å². The lowest BCUT2D eigenvalue weighted by atomic mass is 10.3. The highest BCUT2D eigenvalue weighted by molar-refractivity contribution is 7.80. The molecule has 3 nitrogen and oxygen atoms in total. The fourth-order valence-electron chi connectivity index (χ4n) is 1.60. The minimum atomic E-state index is 0.670. The quantitative estimate of drug-likeness (QED) is 0.656. The van der Waals surface area contributed by atoms with Crippen LogP contribution in [0.3, 0.4) is 0 Å². The Bertz CT molecular complexity index is 556. The van der Waals surface area contributed by atoms with E-state index in [4.69, 9.17) is 12.2 Å². The number of benzene rings is 1. The molecule has 0 unspecified atom stereocenters. The third kappa shape index (κ3) is 4.29. The SMILES string of the molecule is C=C(C)CNC(=S)NCCc1nc2ccccc2s1. The normalized spacial score (nSPS) is 10.4. The van der Waals surface area contributed by atoms with E-state index in [-0.39, 0.29) is 0 Å². The molecule has 0 saturated heterocycles. The monoisotopic (exact) mass is 291 g/mol. The molecule has 0 saturated carbocycles. The van der Waals surface area contributed by atoms with Crippen LogP contribution in [0.15, 0.2) is 36.4 Å². The van der Waals surface area contributed by atoms with Crippen molar-refractivity contribution in [3.05, 3.63) is 41.4 Å². The van der Waals surface area contributed by atoms with Gasteiger partial charge in [0.05, 0.1) is 15.2 Å². The van der Waals surface area contributed by atoms with Gasteiger partial charge in [0.2, 0.25) is 0 Å². The summed E-state index contributed by atoms with van der Waals surface area (Å²) in [6, 6.07) is 8.20. The molecule has 0 fully saturated rings. The minimum absolute atomic E-state index is 0.670. The van der Waals surface area contributed by atoms with Gasteiger partial charge in [-0.05, 0) is 31.3 Å². The van der Waals surface area contributed by atoms with Crippen molar-refractivity contribution in [2.45, 2.75) is 13.3 Å². The van der Waals surface area contributed by atoms with E-state index in [1.54, 1.807) is 11.3 Å². The standard InChI is InChI=1S/C14H17N3S2/c1-10(2)9-16-14(18)15-8-7-13-17-11-5-3-4-6-12(11)19-13/h3-6H,1,7-9H2,2H3,(H2,15,16,18). The second-order valence-electron chi connectivity index (χ2n) is 4.39. The van der Waals surface area contributed by atoms with E-state index in [9.17, 15) is 0 Å². The summed E-state index contributed by atoms with van der Waals surface area (Å²) in [5, 5.41) is 8.08. The summed E-state index contributed by atoms with van der Waals surface area (Å²) >= 11 is 6.91. The van der Waals surface area contributed by atoms with Crippen molar-refractivity contribution in [1.29, 1.82) is 0 Å². The summed E-state index contributed by atoms with van der Waals surface area (Å²) in [7, 11) is 0. The Kier molecular flexibility index (Phi) is 4.87. The van der Waals surface area contributed by atoms with Crippen LogP contribution in [0.25, 0.3) is 10.2 Å². The van der Waals surface area contributed by atoms with Crippen LogP contribution in [0, 0.1) is 0 Å². The highest BCUT2D eigenvalue weighted by Crippen LogP contribution is 2.21. The summed E-state index contributed by atoms with van der Waals surface area (Å²) in [5.74, 6) is 0. The molecule has 5 heteroatoms. The molecule has 0 aliphatic heterocycles. The van der Waals surface area contributed by atoms with E-state index in [1.807, 2.05) is 25.1 Å². The van der Waals surface area contributed by atoms with Gasteiger partial charge in [-0.15, -0.1) is 11.3 Å². The van der Waals surface area contributed by atoms with Gasteiger partial charge in [0.1, 0.15) is 0 Å². The lowest BCUT2D eigenvalue weighted by molar-refractivity contribution is 0.831. The van der Waals surface area contributed by atoms with Crippen molar-refractivity contribution in [2.24, 2.45) is 0 Å². The van der Waals surface area contributed by atoms with Gasteiger partial charge in [0.15, 0.2) is 5.11 Å². The van der Waals surface area contributed by atoms with E-state index >= 15 is 0 Å². The van der Waals surface area contributed by atoms with Gasteiger partial charge in [0.25, 0.3) is 0 Å². The topological polar surface area (TPSA) is 37.0 Å². The summed E-state index contributed by atoms with van der Waals surface area (Å²) < 4.78 is 1.24. The molecular formula is C14H17N3S2. The van der Waals surface area contributed by atoms with Crippen molar-refractivity contribution in [3.8, 4) is 0 Å². The Morgan fingerprint density at radius 1 is 1.37 bits per heavy atom. The molecule has 1 aromatic carbocycles. The summed E-state index contributed by atoms with van der Waals surface area (Å²) in [6.45, 7) is 7.30. The molecule has 19 heavy (non-hydrogen) atoms. The van der Waals surface area contributed by atoms with Crippen LogP contribution in [-0.2, 0) is 6.42 Å². The fourth-order valence-corrected chi connectivity index (χ4v) is 2.74. The number of fused-ring (bicyclic) bond motifs is 1. The summed E-state index contributed by atoms with van der Waals surface area (Å²) in [4.78, 5) is 4.58. The Hall–Kier alpha value is -1.46. The maximum absolute atomic E-state index is 5.17. The van der Waals surface area contributed by atoms with E-state index in [1.165, 1.54) is 4.70 Å². The maximum Gasteiger partial charge on any atom is 0.166 e.